The second-order valence-electron chi connectivity index (χ2n) is 8.53. The summed E-state index contributed by atoms with van der Waals surface area (Å²) in [6, 6.07) is 0.335. The lowest BCUT2D eigenvalue weighted by molar-refractivity contribution is -0.125. The lowest BCUT2D eigenvalue weighted by atomic mass is 9.72. The smallest absolute Gasteiger partial charge is 0.246 e. The predicted molar refractivity (Wildman–Crippen MR) is 113 cm³/mol. The number of carbonyl (C=O) groups excluding carboxylic acids is 1. The van der Waals surface area contributed by atoms with Crippen molar-refractivity contribution < 1.29 is 4.79 Å². The van der Waals surface area contributed by atoms with Crippen LogP contribution in [0.4, 0.5) is 0 Å². The van der Waals surface area contributed by atoms with Crippen molar-refractivity contribution in [2.24, 2.45) is 5.41 Å². The Hall–Kier alpha value is -1.36. The highest BCUT2D eigenvalue weighted by molar-refractivity contribution is 7.80. The number of nitrogens with one attached hydrogen (secondary N) is 1. The van der Waals surface area contributed by atoms with E-state index in [9.17, 15) is 4.79 Å². The first-order chi connectivity index (χ1) is 12.2. The van der Waals surface area contributed by atoms with E-state index in [1.807, 2.05) is 4.90 Å². The van der Waals surface area contributed by atoms with Crippen LogP contribution in [0.5, 0.6) is 0 Å². The third-order valence-corrected chi connectivity index (χ3v) is 5.82. The zero-order valence-electron chi connectivity index (χ0n) is 17.1. The summed E-state index contributed by atoms with van der Waals surface area (Å²) < 4.78 is 0. The van der Waals surface area contributed by atoms with Crippen molar-refractivity contribution in [1.29, 1.82) is 0 Å². The van der Waals surface area contributed by atoms with Crippen molar-refractivity contribution in [2.75, 3.05) is 26.2 Å². The molecule has 1 amide bonds. The summed E-state index contributed by atoms with van der Waals surface area (Å²) in [7, 11) is 0. The molecule has 146 valence electrons. The minimum absolute atomic E-state index is 0.122. The van der Waals surface area contributed by atoms with Crippen LogP contribution < -0.4 is 5.32 Å². The Bertz CT molecular complexity index is 592. The van der Waals surface area contributed by atoms with Gasteiger partial charge in [-0.2, -0.15) is 0 Å². The van der Waals surface area contributed by atoms with Crippen molar-refractivity contribution in [3.8, 4) is 0 Å². The molecule has 1 heterocycles. The van der Waals surface area contributed by atoms with Gasteiger partial charge in [-0.05, 0) is 69.7 Å². The van der Waals surface area contributed by atoms with Crippen LogP contribution in [0.2, 0.25) is 0 Å². The average molecular weight is 378 g/mol. The van der Waals surface area contributed by atoms with Crippen molar-refractivity contribution in [3.63, 3.8) is 0 Å². The summed E-state index contributed by atoms with van der Waals surface area (Å²) in [6.45, 7) is 14.2. The molecule has 0 atom stereocenters. The van der Waals surface area contributed by atoms with Gasteiger partial charge in [0.1, 0.15) is 0 Å². The maximum Gasteiger partial charge on any atom is 0.246 e. The topological polar surface area (TPSA) is 35.6 Å². The van der Waals surface area contributed by atoms with E-state index < -0.39 is 0 Å². The molecular formula is C21H35N3OS. The first-order valence-electron chi connectivity index (χ1n) is 9.93. The molecule has 0 radical (unpaired) electrons. The molecule has 0 aromatic rings. The lowest BCUT2D eigenvalue weighted by Gasteiger charge is -2.33. The van der Waals surface area contributed by atoms with Gasteiger partial charge >= 0.3 is 0 Å². The molecule has 0 unspecified atom stereocenters. The standard InChI is InChI=1S/C21H35N3OS/c1-16(2)22-20(26)24-13-7-12-23(14-15-24)19(25)10-9-18-17(3)8-6-11-21(18,4)5/h9-10,16H,6-8,11-15H2,1-5H3,(H,22,26). The quantitative estimate of drug-likeness (QED) is 0.598. The van der Waals surface area contributed by atoms with Crippen LogP contribution in [0.1, 0.15) is 60.3 Å². The first kappa shape index (κ1) is 20.9. The first-order valence-corrected chi connectivity index (χ1v) is 10.3. The Morgan fingerprint density at radius 2 is 1.81 bits per heavy atom. The molecule has 0 saturated carbocycles. The Morgan fingerprint density at radius 1 is 1.15 bits per heavy atom. The summed E-state index contributed by atoms with van der Waals surface area (Å²) in [4.78, 5) is 16.9. The Balaban J connectivity index is 1.97. The zero-order valence-corrected chi connectivity index (χ0v) is 17.9. The third-order valence-electron chi connectivity index (χ3n) is 5.44. The third kappa shape index (κ3) is 5.57. The highest BCUT2D eigenvalue weighted by Crippen LogP contribution is 2.40. The van der Waals surface area contributed by atoms with Crippen LogP contribution in [0.25, 0.3) is 0 Å². The number of allylic oxidation sites excluding steroid dienone is 3. The van der Waals surface area contributed by atoms with Crippen LogP contribution >= 0.6 is 12.2 Å². The van der Waals surface area contributed by atoms with Gasteiger partial charge in [-0.15, -0.1) is 0 Å². The number of amides is 1. The van der Waals surface area contributed by atoms with E-state index in [4.69, 9.17) is 12.2 Å². The van der Waals surface area contributed by atoms with Gasteiger partial charge < -0.3 is 15.1 Å². The molecule has 0 aromatic carbocycles. The van der Waals surface area contributed by atoms with Gasteiger partial charge in [0, 0.05) is 38.3 Å². The van der Waals surface area contributed by atoms with Gasteiger partial charge in [-0.3, -0.25) is 4.79 Å². The van der Waals surface area contributed by atoms with E-state index in [0.717, 1.165) is 44.1 Å². The van der Waals surface area contributed by atoms with E-state index >= 15 is 0 Å². The van der Waals surface area contributed by atoms with Crippen LogP contribution in [0.15, 0.2) is 23.3 Å². The predicted octanol–water partition coefficient (Wildman–Crippen LogP) is 3.89. The molecule has 1 N–H and O–H groups in total. The van der Waals surface area contributed by atoms with Gasteiger partial charge in [0.25, 0.3) is 0 Å². The summed E-state index contributed by atoms with van der Waals surface area (Å²) >= 11 is 5.48. The van der Waals surface area contributed by atoms with Gasteiger partial charge in [0.2, 0.25) is 5.91 Å². The van der Waals surface area contributed by atoms with Crippen LogP contribution in [-0.4, -0.2) is 53.0 Å². The fourth-order valence-electron chi connectivity index (χ4n) is 3.95. The highest BCUT2D eigenvalue weighted by atomic mass is 32.1. The minimum atomic E-state index is 0.122. The number of thiocarbonyl (C=S) groups is 1. The minimum Gasteiger partial charge on any atom is -0.360 e. The number of hydrogen-bond acceptors (Lipinski definition) is 2. The van der Waals surface area contributed by atoms with Gasteiger partial charge in [-0.1, -0.05) is 25.5 Å². The SMILES string of the molecule is CC1=C(C=CC(=O)N2CCCN(C(=S)NC(C)C)CC2)C(C)(C)CCC1. The van der Waals surface area contributed by atoms with Gasteiger partial charge in [0.05, 0.1) is 0 Å². The Morgan fingerprint density at radius 3 is 2.46 bits per heavy atom. The molecule has 1 saturated heterocycles. The van der Waals surface area contributed by atoms with Gasteiger partial charge in [-0.25, -0.2) is 0 Å². The molecule has 1 aliphatic heterocycles. The maximum atomic E-state index is 12.7. The van der Waals surface area contributed by atoms with Crippen LogP contribution in [0, 0.1) is 5.41 Å². The number of rotatable bonds is 3. The summed E-state index contributed by atoms with van der Waals surface area (Å²) in [5.41, 5.74) is 2.94. The lowest BCUT2D eigenvalue weighted by Crippen LogP contribution is -2.44. The van der Waals surface area contributed by atoms with Crippen molar-refractivity contribution in [1.82, 2.24) is 15.1 Å². The molecule has 2 rings (SSSR count). The molecule has 26 heavy (non-hydrogen) atoms. The van der Waals surface area contributed by atoms with Crippen LogP contribution in [-0.2, 0) is 4.79 Å². The van der Waals surface area contributed by atoms with Crippen molar-refractivity contribution in [2.45, 2.75) is 66.3 Å². The van der Waals surface area contributed by atoms with E-state index in [0.29, 0.717) is 6.04 Å². The monoisotopic (exact) mass is 377 g/mol. The second kappa shape index (κ2) is 9.03. The molecule has 2 aliphatic rings. The highest BCUT2D eigenvalue weighted by Gasteiger charge is 2.27. The normalized spacial score (nSPS) is 21.3. The Labute approximate surface area is 164 Å². The maximum absolute atomic E-state index is 12.7. The second-order valence-corrected chi connectivity index (χ2v) is 8.92. The van der Waals surface area contributed by atoms with Crippen molar-refractivity contribution >= 4 is 23.2 Å². The number of nitrogens with zero attached hydrogens (tertiary/aromatic N) is 2. The van der Waals surface area contributed by atoms with E-state index in [-0.39, 0.29) is 11.3 Å². The molecule has 1 aliphatic carbocycles. The number of hydrogen-bond donors (Lipinski definition) is 1. The Kier molecular flexibility index (Phi) is 7.27. The molecule has 4 nitrogen and oxygen atoms in total. The van der Waals surface area contributed by atoms with E-state index in [2.05, 4.69) is 50.9 Å². The molecule has 0 spiro atoms. The van der Waals surface area contributed by atoms with Crippen LogP contribution in [0.3, 0.4) is 0 Å². The van der Waals surface area contributed by atoms with E-state index in [1.54, 1.807) is 6.08 Å². The zero-order chi connectivity index (χ0) is 19.3. The summed E-state index contributed by atoms with van der Waals surface area (Å²) in [6.07, 6.45) is 8.40. The molecule has 5 heteroatoms. The fourth-order valence-corrected chi connectivity index (χ4v) is 4.37. The molecular weight excluding hydrogens is 342 g/mol. The molecule has 0 bridgehead atoms. The fraction of sp³-hybridized carbons (Fsp3) is 0.714. The number of carbonyl (C=O) groups is 1. The summed E-state index contributed by atoms with van der Waals surface area (Å²) in [5, 5.41) is 4.10. The van der Waals surface area contributed by atoms with Gasteiger partial charge in [0.15, 0.2) is 5.11 Å². The summed E-state index contributed by atoms with van der Waals surface area (Å²) in [5.74, 6) is 0.122. The largest absolute Gasteiger partial charge is 0.360 e. The van der Waals surface area contributed by atoms with Crippen molar-refractivity contribution in [3.05, 3.63) is 23.3 Å². The molecule has 0 aromatic heterocycles. The molecule has 1 fully saturated rings. The van der Waals surface area contributed by atoms with E-state index in [1.165, 1.54) is 24.0 Å². The average Bonchev–Trinajstić information content (AvgIpc) is 2.79.